The summed E-state index contributed by atoms with van der Waals surface area (Å²) in [5.74, 6) is 0. The second-order valence-electron chi connectivity index (χ2n) is 5.57. The molecule has 3 aromatic rings. The van der Waals surface area contributed by atoms with Gasteiger partial charge in [0.05, 0.1) is 0 Å². The van der Waals surface area contributed by atoms with Crippen molar-refractivity contribution >= 4 is 28.9 Å². The molecule has 0 aliphatic heterocycles. The third kappa shape index (κ3) is 6.18. The Hall–Kier alpha value is -1.84. The Bertz CT molecular complexity index is 711. The largest absolute Gasteiger partial charge is 0.843 e. The zero-order valence-corrected chi connectivity index (χ0v) is 15.6. The molecule has 4 heteroatoms. The van der Waals surface area contributed by atoms with Crippen LogP contribution in [0.4, 0.5) is 5.69 Å². The number of hydrogen-bond acceptors (Lipinski definition) is 2. The number of halogens is 2. The van der Waals surface area contributed by atoms with Gasteiger partial charge >= 0.3 is 0 Å². The quantitative estimate of drug-likeness (QED) is 0.595. The van der Waals surface area contributed by atoms with Gasteiger partial charge in [0.25, 0.3) is 0 Å². The van der Waals surface area contributed by atoms with Gasteiger partial charge in [-0.1, -0.05) is 82.9 Å². The van der Waals surface area contributed by atoms with Crippen LogP contribution in [-0.2, 0) is 0 Å². The van der Waals surface area contributed by atoms with Crippen LogP contribution in [0.2, 0.25) is 10.0 Å². The Morgan fingerprint density at radius 1 is 0.680 bits per heavy atom. The summed E-state index contributed by atoms with van der Waals surface area (Å²) in [6, 6.07) is 23.9. The molecule has 0 saturated carbocycles. The van der Waals surface area contributed by atoms with E-state index in [-0.39, 0.29) is 6.10 Å². The van der Waals surface area contributed by atoms with Gasteiger partial charge in [0.15, 0.2) is 5.69 Å². The average Bonchev–Trinajstić information content (AvgIpc) is 2.64. The fraction of sp³-hybridized carbons (Fsp3) is 0.0952. The molecule has 0 spiro atoms. The first-order valence-corrected chi connectivity index (χ1v) is 8.51. The minimum absolute atomic E-state index is 0.0340. The van der Waals surface area contributed by atoms with Gasteiger partial charge in [-0.05, 0) is 24.3 Å². The van der Waals surface area contributed by atoms with Gasteiger partial charge in [-0.25, -0.2) is 0 Å². The highest BCUT2D eigenvalue weighted by Gasteiger charge is 2.02. The molecule has 0 atom stereocenters. The van der Waals surface area contributed by atoms with Crippen LogP contribution in [0.15, 0.2) is 78.9 Å². The molecule has 0 aliphatic carbocycles. The highest BCUT2D eigenvalue weighted by molar-refractivity contribution is 6.30. The summed E-state index contributed by atoms with van der Waals surface area (Å²) >= 11 is 11.5. The van der Waals surface area contributed by atoms with Gasteiger partial charge in [-0.2, -0.15) is 0 Å². The molecule has 128 valence electrons. The molecule has 2 radical (unpaired) electrons. The molecule has 0 unspecified atom stereocenters. The molecule has 0 aliphatic rings. The maximum absolute atomic E-state index is 12.0. The number of anilines is 1. The van der Waals surface area contributed by atoms with Crippen molar-refractivity contribution in [1.29, 1.82) is 0 Å². The van der Waals surface area contributed by atoms with Crippen LogP contribution in [0.25, 0.3) is 0 Å². The molecule has 0 bridgehead atoms. The lowest BCUT2D eigenvalue weighted by molar-refractivity contribution is -0.333. The van der Waals surface area contributed by atoms with E-state index in [1.807, 2.05) is 32.3 Å². The Kier molecular flexibility index (Phi) is 7.48. The number of rotatable bonds is 3. The number of nitrogens with zero attached hydrogens (tertiary/aromatic N) is 1. The number of hydrogen-bond donors (Lipinski definition) is 0. The van der Waals surface area contributed by atoms with E-state index in [2.05, 4.69) is 17.0 Å². The van der Waals surface area contributed by atoms with Crippen LogP contribution in [0, 0.1) is 6.10 Å². The standard InChI is InChI=1S/C13H8Cl2O.C8H11N/c14-11-5-1-9(2-6-11)13(16)10-3-7-12(15)8-4-10;1-9(2)8-6-4-3-5-7-8/h1-8H;3-7H,1-2H3/q-1;+1. The topological polar surface area (TPSA) is 29.0 Å². The third-order valence-corrected chi connectivity index (χ3v) is 3.99. The molecule has 0 heterocycles. The van der Waals surface area contributed by atoms with Crippen molar-refractivity contribution in [2.75, 3.05) is 14.1 Å². The molecule has 3 rings (SSSR count). The fourth-order valence-electron chi connectivity index (χ4n) is 2.10. The minimum atomic E-state index is -0.0340. The Balaban J connectivity index is 0.000000212. The normalized spacial score (nSPS) is 10.5. The predicted octanol–water partition coefficient (Wildman–Crippen LogP) is 5.00. The van der Waals surface area contributed by atoms with E-state index in [0.29, 0.717) is 21.2 Å². The van der Waals surface area contributed by atoms with E-state index in [1.54, 1.807) is 48.5 Å². The Morgan fingerprint density at radius 2 is 1.08 bits per heavy atom. The third-order valence-electron chi connectivity index (χ3n) is 3.49. The van der Waals surface area contributed by atoms with Crippen LogP contribution >= 0.6 is 23.2 Å². The summed E-state index contributed by atoms with van der Waals surface area (Å²) in [5, 5.41) is 13.2. The molecule has 0 amide bonds. The van der Waals surface area contributed by atoms with E-state index in [9.17, 15) is 5.11 Å². The van der Waals surface area contributed by atoms with Crippen LogP contribution in [0.1, 0.15) is 11.1 Å². The number of para-hydroxylation sites is 1. The molecule has 0 fully saturated rings. The van der Waals surface area contributed by atoms with Crippen molar-refractivity contribution < 1.29 is 5.11 Å². The van der Waals surface area contributed by atoms with Crippen molar-refractivity contribution in [3.8, 4) is 0 Å². The van der Waals surface area contributed by atoms with Gasteiger partial charge in [0.1, 0.15) is 14.1 Å². The molecule has 0 aromatic heterocycles. The van der Waals surface area contributed by atoms with Gasteiger partial charge in [0, 0.05) is 22.2 Å². The molecule has 2 nitrogen and oxygen atoms in total. The van der Waals surface area contributed by atoms with Crippen LogP contribution in [0.5, 0.6) is 0 Å². The fourth-order valence-corrected chi connectivity index (χ4v) is 2.35. The van der Waals surface area contributed by atoms with E-state index in [1.165, 1.54) is 5.69 Å². The zero-order valence-electron chi connectivity index (χ0n) is 14.1. The van der Waals surface area contributed by atoms with Gasteiger partial charge in [0.2, 0.25) is 0 Å². The minimum Gasteiger partial charge on any atom is -0.843 e. The van der Waals surface area contributed by atoms with E-state index in [0.717, 1.165) is 0 Å². The smallest absolute Gasteiger partial charge is 0.180 e. The maximum atomic E-state index is 12.0. The lowest BCUT2D eigenvalue weighted by Crippen LogP contribution is -2.17. The maximum Gasteiger partial charge on any atom is 0.180 e. The van der Waals surface area contributed by atoms with Crippen LogP contribution in [0.3, 0.4) is 0 Å². The predicted molar refractivity (Wildman–Crippen MR) is 104 cm³/mol. The highest BCUT2D eigenvalue weighted by atomic mass is 35.5. The van der Waals surface area contributed by atoms with Crippen molar-refractivity contribution in [3.05, 3.63) is 106 Å². The summed E-state index contributed by atoms with van der Waals surface area (Å²) in [6.07, 6.45) is -0.0340. The van der Waals surface area contributed by atoms with E-state index < -0.39 is 0 Å². The molecule has 25 heavy (non-hydrogen) atoms. The first-order valence-electron chi connectivity index (χ1n) is 7.75. The highest BCUT2D eigenvalue weighted by Crippen LogP contribution is 2.21. The second kappa shape index (κ2) is 9.59. The Labute approximate surface area is 159 Å². The summed E-state index contributed by atoms with van der Waals surface area (Å²) < 4.78 is 0. The van der Waals surface area contributed by atoms with Gasteiger partial charge in [-0.15, -0.1) is 4.90 Å². The average molecular weight is 372 g/mol. The number of benzene rings is 3. The van der Waals surface area contributed by atoms with E-state index in [4.69, 9.17) is 23.2 Å². The second-order valence-corrected chi connectivity index (χ2v) is 6.45. The SMILES string of the molecule is C[N+](C)c1ccccc1.[O-][C](c1ccc(Cl)cc1)c1ccc(Cl)cc1. The first-order chi connectivity index (χ1) is 12.0. The molecule has 3 aromatic carbocycles. The van der Waals surface area contributed by atoms with Crippen molar-refractivity contribution in [2.45, 2.75) is 0 Å². The Morgan fingerprint density at radius 3 is 1.40 bits per heavy atom. The molecular weight excluding hydrogens is 353 g/mol. The monoisotopic (exact) mass is 371 g/mol. The van der Waals surface area contributed by atoms with Crippen molar-refractivity contribution in [1.82, 2.24) is 4.90 Å². The van der Waals surface area contributed by atoms with Crippen LogP contribution in [-0.4, -0.2) is 14.1 Å². The first kappa shape index (κ1) is 19.5. The van der Waals surface area contributed by atoms with Gasteiger partial charge < -0.3 is 5.11 Å². The zero-order chi connectivity index (χ0) is 18.2. The van der Waals surface area contributed by atoms with Crippen molar-refractivity contribution in [2.24, 2.45) is 0 Å². The molecule has 0 N–H and O–H groups in total. The lowest BCUT2D eigenvalue weighted by Gasteiger charge is -2.22. The lowest BCUT2D eigenvalue weighted by atomic mass is 10.0. The molecule has 0 saturated heterocycles. The van der Waals surface area contributed by atoms with E-state index >= 15 is 0 Å². The van der Waals surface area contributed by atoms with Gasteiger partial charge in [-0.3, -0.25) is 0 Å². The summed E-state index contributed by atoms with van der Waals surface area (Å²) in [7, 11) is 4.07. The van der Waals surface area contributed by atoms with Crippen molar-refractivity contribution in [3.63, 3.8) is 0 Å². The summed E-state index contributed by atoms with van der Waals surface area (Å²) in [5.41, 5.74) is 2.48. The summed E-state index contributed by atoms with van der Waals surface area (Å²) in [6.45, 7) is 0. The molecular formula is C21H19Cl2NO. The van der Waals surface area contributed by atoms with Crippen LogP contribution < -0.4 is 10.0 Å². The summed E-state index contributed by atoms with van der Waals surface area (Å²) in [4.78, 5) is 2.08.